The smallest absolute Gasteiger partial charge is 0.267 e. The van der Waals surface area contributed by atoms with E-state index in [1.165, 1.54) is 35.8 Å². The van der Waals surface area contributed by atoms with Gasteiger partial charge in [-0.05, 0) is 37.1 Å². The highest BCUT2D eigenvalue weighted by molar-refractivity contribution is 7.89. The van der Waals surface area contributed by atoms with Gasteiger partial charge in [-0.3, -0.25) is 9.78 Å². The molecule has 1 unspecified atom stereocenters. The molecule has 0 spiro atoms. The van der Waals surface area contributed by atoms with Crippen molar-refractivity contribution in [3.8, 4) is 11.5 Å². The molecule has 2 aromatic rings. The van der Waals surface area contributed by atoms with Crippen molar-refractivity contribution < 1.29 is 22.7 Å². The zero-order valence-electron chi connectivity index (χ0n) is 15.2. The minimum absolute atomic E-state index is 0.0167. The zero-order chi connectivity index (χ0) is 20.3. The number of piperidine rings is 1. The highest BCUT2D eigenvalue weighted by atomic mass is 35.5. The Labute approximate surface area is 168 Å². The summed E-state index contributed by atoms with van der Waals surface area (Å²) in [6.07, 6.45) is 2.34. The number of carbonyl (C=O) groups excluding carboxylic acids is 1. The number of primary amides is 1. The molecule has 2 heterocycles. The predicted octanol–water partition coefficient (Wildman–Crippen LogP) is 2.07. The van der Waals surface area contributed by atoms with Gasteiger partial charge in [0.2, 0.25) is 10.0 Å². The lowest BCUT2D eigenvalue weighted by molar-refractivity contribution is 0.0993. The molecule has 1 aliphatic rings. The van der Waals surface area contributed by atoms with Gasteiger partial charge < -0.3 is 15.2 Å². The third kappa shape index (κ3) is 4.37. The lowest BCUT2D eigenvalue weighted by atomic mass is 10.1. The first-order chi connectivity index (χ1) is 13.3. The van der Waals surface area contributed by atoms with Gasteiger partial charge in [-0.25, -0.2) is 8.42 Å². The van der Waals surface area contributed by atoms with Gasteiger partial charge in [0.15, 0.2) is 0 Å². The van der Waals surface area contributed by atoms with Crippen LogP contribution in [0.1, 0.15) is 23.3 Å². The predicted molar refractivity (Wildman–Crippen MR) is 103 cm³/mol. The third-order valence-corrected chi connectivity index (χ3v) is 6.49. The summed E-state index contributed by atoms with van der Waals surface area (Å²) in [5, 5.41) is 0.306. The van der Waals surface area contributed by atoms with Gasteiger partial charge in [0.25, 0.3) is 5.91 Å². The highest BCUT2D eigenvalue weighted by Crippen LogP contribution is 2.31. The van der Waals surface area contributed by atoms with E-state index in [0.29, 0.717) is 30.2 Å². The number of hydrogen-bond acceptors (Lipinski definition) is 6. The van der Waals surface area contributed by atoms with Crippen molar-refractivity contribution in [3.63, 3.8) is 0 Å². The Kier molecular flexibility index (Phi) is 6.07. The number of nitrogens with two attached hydrogens (primary N) is 1. The van der Waals surface area contributed by atoms with Gasteiger partial charge in [0.05, 0.1) is 13.7 Å². The monoisotopic (exact) mass is 425 g/mol. The molecule has 150 valence electrons. The summed E-state index contributed by atoms with van der Waals surface area (Å²) >= 11 is 5.99. The number of ether oxygens (including phenoxy) is 2. The van der Waals surface area contributed by atoms with E-state index in [0.717, 1.165) is 0 Å². The molecule has 0 saturated carbocycles. The molecular weight excluding hydrogens is 406 g/mol. The number of nitrogens with zero attached hydrogens (tertiary/aromatic N) is 2. The molecule has 1 atom stereocenters. The maximum atomic E-state index is 13.1. The summed E-state index contributed by atoms with van der Waals surface area (Å²) in [7, 11) is -2.41. The van der Waals surface area contributed by atoms with Crippen LogP contribution in [0.5, 0.6) is 11.5 Å². The molecule has 1 amide bonds. The van der Waals surface area contributed by atoms with Gasteiger partial charge in [-0.2, -0.15) is 4.31 Å². The first-order valence-electron chi connectivity index (χ1n) is 8.57. The molecule has 1 saturated heterocycles. The van der Waals surface area contributed by atoms with Crippen LogP contribution in [-0.4, -0.2) is 49.9 Å². The Balaban J connectivity index is 1.80. The van der Waals surface area contributed by atoms with Crippen molar-refractivity contribution in [2.24, 2.45) is 5.73 Å². The molecule has 1 fully saturated rings. The summed E-state index contributed by atoms with van der Waals surface area (Å²) in [6.45, 7) is 0.521. The maximum absolute atomic E-state index is 13.1. The Morgan fingerprint density at radius 1 is 1.32 bits per heavy atom. The van der Waals surface area contributed by atoms with Gasteiger partial charge in [0, 0.05) is 23.8 Å². The summed E-state index contributed by atoms with van der Waals surface area (Å²) < 4.78 is 38.7. The second-order valence-electron chi connectivity index (χ2n) is 6.28. The molecule has 10 heteroatoms. The second kappa shape index (κ2) is 8.34. The molecule has 8 nitrogen and oxygen atoms in total. The van der Waals surface area contributed by atoms with E-state index in [4.69, 9.17) is 26.8 Å². The average molecular weight is 426 g/mol. The van der Waals surface area contributed by atoms with Crippen molar-refractivity contribution in [1.29, 1.82) is 0 Å². The van der Waals surface area contributed by atoms with E-state index >= 15 is 0 Å². The van der Waals surface area contributed by atoms with Crippen molar-refractivity contribution >= 4 is 27.5 Å². The number of amides is 1. The number of halogens is 1. The normalized spacial score (nSPS) is 17.9. The molecule has 1 aromatic carbocycles. The van der Waals surface area contributed by atoms with Crippen LogP contribution >= 0.6 is 11.6 Å². The number of benzene rings is 1. The van der Waals surface area contributed by atoms with E-state index < -0.39 is 15.9 Å². The average Bonchev–Trinajstić information content (AvgIpc) is 2.68. The lowest BCUT2D eigenvalue weighted by Gasteiger charge is -2.32. The third-order valence-electron chi connectivity index (χ3n) is 4.37. The molecule has 28 heavy (non-hydrogen) atoms. The van der Waals surface area contributed by atoms with Crippen LogP contribution in [0.2, 0.25) is 5.02 Å². The molecule has 2 N–H and O–H groups in total. The largest absolute Gasteiger partial charge is 0.495 e. The van der Waals surface area contributed by atoms with Crippen LogP contribution < -0.4 is 15.2 Å². The fourth-order valence-electron chi connectivity index (χ4n) is 3.02. The number of rotatable bonds is 6. The SMILES string of the molecule is COc1ccc(Cl)cc1S(=O)(=O)N1CCCC(Oc2ccnc(C(N)=O)c2)C1. The van der Waals surface area contributed by atoms with Crippen LogP contribution in [0.25, 0.3) is 0 Å². The first kappa shape index (κ1) is 20.4. The van der Waals surface area contributed by atoms with Crippen LogP contribution in [0.15, 0.2) is 41.4 Å². The van der Waals surface area contributed by atoms with Crippen molar-refractivity contribution in [1.82, 2.24) is 9.29 Å². The Morgan fingerprint density at radius 2 is 2.11 bits per heavy atom. The number of hydrogen-bond donors (Lipinski definition) is 1. The van der Waals surface area contributed by atoms with Crippen molar-refractivity contribution in [2.75, 3.05) is 20.2 Å². The minimum Gasteiger partial charge on any atom is -0.495 e. The standard InChI is InChI=1S/C18H20ClN3O5S/c1-26-16-5-4-12(19)9-17(16)28(24,25)22-8-2-3-14(11-22)27-13-6-7-21-15(10-13)18(20)23/h4-7,9-10,14H,2-3,8,11H2,1H3,(H2,20,23). The Morgan fingerprint density at radius 3 is 2.82 bits per heavy atom. The van der Waals surface area contributed by atoms with Crippen LogP contribution in [0, 0.1) is 0 Å². The van der Waals surface area contributed by atoms with Gasteiger partial charge in [-0.15, -0.1) is 0 Å². The summed E-state index contributed by atoms with van der Waals surface area (Å²) in [4.78, 5) is 15.2. The number of pyridine rings is 1. The van der Waals surface area contributed by atoms with Gasteiger partial charge >= 0.3 is 0 Å². The van der Waals surface area contributed by atoms with E-state index in [1.54, 1.807) is 12.1 Å². The van der Waals surface area contributed by atoms with E-state index in [-0.39, 0.29) is 29.0 Å². The molecule has 3 rings (SSSR count). The fourth-order valence-corrected chi connectivity index (χ4v) is 4.95. The fraction of sp³-hybridized carbons (Fsp3) is 0.333. The topological polar surface area (TPSA) is 112 Å². The second-order valence-corrected chi connectivity index (χ2v) is 8.62. The van der Waals surface area contributed by atoms with Crippen LogP contribution in [0.3, 0.4) is 0 Å². The van der Waals surface area contributed by atoms with Gasteiger partial charge in [-0.1, -0.05) is 11.6 Å². The maximum Gasteiger partial charge on any atom is 0.267 e. The summed E-state index contributed by atoms with van der Waals surface area (Å²) in [6, 6.07) is 7.51. The van der Waals surface area contributed by atoms with Crippen molar-refractivity contribution in [2.45, 2.75) is 23.8 Å². The van der Waals surface area contributed by atoms with E-state index in [2.05, 4.69) is 4.98 Å². The number of methoxy groups -OCH3 is 1. The number of sulfonamides is 1. The molecular formula is C18H20ClN3O5S. The minimum atomic E-state index is -3.82. The quantitative estimate of drug-likeness (QED) is 0.758. The lowest BCUT2D eigenvalue weighted by Crippen LogP contribution is -2.44. The van der Waals surface area contributed by atoms with Gasteiger partial charge in [0.1, 0.15) is 28.2 Å². The Hall–Kier alpha value is -2.36. The molecule has 1 aromatic heterocycles. The van der Waals surface area contributed by atoms with Crippen LogP contribution in [-0.2, 0) is 10.0 Å². The molecule has 0 bridgehead atoms. The van der Waals surface area contributed by atoms with Crippen LogP contribution in [0.4, 0.5) is 0 Å². The highest BCUT2D eigenvalue weighted by Gasteiger charge is 2.33. The molecule has 1 aliphatic heterocycles. The molecule has 0 aliphatic carbocycles. The Bertz CT molecular complexity index is 983. The number of aromatic nitrogens is 1. The summed E-state index contributed by atoms with van der Waals surface area (Å²) in [5.41, 5.74) is 5.32. The zero-order valence-corrected chi connectivity index (χ0v) is 16.7. The number of carbonyl (C=O) groups is 1. The summed E-state index contributed by atoms with van der Waals surface area (Å²) in [5.74, 6) is -0.0209. The van der Waals surface area contributed by atoms with Crippen molar-refractivity contribution in [3.05, 3.63) is 47.2 Å². The molecule has 0 radical (unpaired) electrons. The van der Waals surface area contributed by atoms with E-state index in [1.807, 2.05) is 0 Å². The van der Waals surface area contributed by atoms with E-state index in [9.17, 15) is 13.2 Å². The first-order valence-corrected chi connectivity index (χ1v) is 10.4.